The summed E-state index contributed by atoms with van der Waals surface area (Å²) in [7, 11) is 0. The maximum Gasteiger partial charge on any atom is 0.255 e. The van der Waals surface area contributed by atoms with Crippen LogP contribution in [0.25, 0.3) is 0 Å². The molecule has 0 aromatic carbocycles. The first kappa shape index (κ1) is 21.2. The molecular weight excluding hydrogens is 366 g/mol. The lowest BCUT2D eigenvalue weighted by atomic mass is 9.95. The van der Waals surface area contributed by atoms with E-state index >= 15 is 0 Å². The Morgan fingerprint density at radius 2 is 1.97 bits per heavy atom. The topological polar surface area (TPSA) is 67.5 Å². The maximum atomic E-state index is 13.1. The minimum atomic E-state index is 0.0204. The molecule has 0 saturated carbocycles. The number of amides is 2. The summed E-state index contributed by atoms with van der Waals surface area (Å²) in [4.78, 5) is 27.3. The highest BCUT2D eigenvalue weighted by Crippen LogP contribution is 2.23. The third-order valence-electron chi connectivity index (χ3n) is 5.93. The minimum Gasteiger partial charge on any atom is -0.467 e. The first-order chi connectivity index (χ1) is 14.0. The summed E-state index contributed by atoms with van der Waals surface area (Å²) in [6.07, 6.45) is 6.46. The van der Waals surface area contributed by atoms with Crippen LogP contribution >= 0.6 is 0 Å². The molecular formula is C23H33N3O3. The van der Waals surface area contributed by atoms with Crippen molar-refractivity contribution < 1.29 is 14.0 Å². The summed E-state index contributed by atoms with van der Waals surface area (Å²) in [5, 5.41) is 3.05. The zero-order valence-corrected chi connectivity index (χ0v) is 17.9. The smallest absolute Gasteiger partial charge is 0.255 e. The van der Waals surface area contributed by atoms with Gasteiger partial charge in [0.2, 0.25) is 5.91 Å². The number of unbranched alkanes of at least 4 members (excludes halogenated alkanes) is 2. The molecule has 6 nitrogen and oxygen atoms in total. The van der Waals surface area contributed by atoms with E-state index in [1.807, 2.05) is 36.9 Å². The lowest BCUT2D eigenvalue weighted by Gasteiger charge is -2.31. The molecule has 0 spiro atoms. The lowest BCUT2D eigenvalue weighted by Crippen LogP contribution is -2.43. The normalized spacial score (nSPS) is 14.9. The van der Waals surface area contributed by atoms with E-state index in [1.54, 1.807) is 6.26 Å². The van der Waals surface area contributed by atoms with E-state index in [0.29, 0.717) is 19.6 Å². The van der Waals surface area contributed by atoms with Crippen LogP contribution < -0.4 is 5.32 Å². The summed E-state index contributed by atoms with van der Waals surface area (Å²) < 4.78 is 7.57. The first-order valence-electron chi connectivity index (χ1n) is 10.8. The van der Waals surface area contributed by atoms with E-state index in [-0.39, 0.29) is 17.7 Å². The fourth-order valence-electron chi connectivity index (χ4n) is 4.07. The average molecular weight is 400 g/mol. The Balaban J connectivity index is 1.56. The van der Waals surface area contributed by atoms with Gasteiger partial charge in [-0.1, -0.05) is 19.8 Å². The zero-order valence-electron chi connectivity index (χ0n) is 17.9. The molecule has 1 fully saturated rings. The Morgan fingerprint density at radius 1 is 1.21 bits per heavy atom. The Hall–Kier alpha value is -2.50. The van der Waals surface area contributed by atoms with Crippen molar-refractivity contribution in [1.82, 2.24) is 14.8 Å². The van der Waals surface area contributed by atoms with Gasteiger partial charge >= 0.3 is 0 Å². The number of piperidine rings is 1. The number of hydrogen-bond acceptors (Lipinski definition) is 3. The van der Waals surface area contributed by atoms with E-state index in [9.17, 15) is 9.59 Å². The Labute approximate surface area is 173 Å². The standard InChI is InChI=1S/C23H33N3O3/c1-4-5-6-11-24-22(27)19-9-12-25(13-10-19)23(28)21-15-17(2)26(18(21)3)16-20-8-7-14-29-20/h7-8,14-15,19H,4-6,9-13,16H2,1-3H3,(H,24,27). The zero-order chi connectivity index (χ0) is 20.8. The molecule has 2 amide bonds. The first-order valence-corrected chi connectivity index (χ1v) is 10.8. The summed E-state index contributed by atoms with van der Waals surface area (Å²) in [5.41, 5.74) is 2.75. The molecule has 1 aliphatic rings. The highest BCUT2D eigenvalue weighted by Gasteiger charge is 2.29. The maximum absolute atomic E-state index is 13.1. The van der Waals surface area contributed by atoms with Gasteiger partial charge in [-0.15, -0.1) is 0 Å². The Morgan fingerprint density at radius 3 is 2.62 bits per heavy atom. The second-order valence-corrected chi connectivity index (χ2v) is 8.01. The van der Waals surface area contributed by atoms with Crippen molar-refractivity contribution >= 4 is 11.8 Å². The highest BCUT2D eigenvalue weighted by molar-refractivity contribution is 5.96. The second kappa shape index (κ2) is 9.81. The van der Waals surface area contributed by atoms with E-state index < -0.39 is 0 Å². The number of carbonyl (C=O) groups is 2. The van der Waals surface area contributed by atoms with Gasteiger partial charge in [0.1, 0.15) is 5.76 Å². The van der Waals surface area contributed by atoms with Crippen LogP contribution in [-0.4, -0.2) is 40.9 Å². The van der Waals surface area contributed by atoms with Crippen molar-refractivity contribution in [2.45, 2.75) is 59.4 Å². The highest BCUT2D eigenvalue weighted by atomic mass is 16.3. The van der Waals surface area contributed by atoms with Crippen molar-refractivity contribution in [2.24, 2.45) is 5.92 Å². The van der Waals surface area contributed by atoms with Crippen LogP contribution in [0.1, 0.15) is 66.5 Å². The van der Waals surface area contributed by atoms with Gasteiger partial charge in [-0.2, -0.15) is 0 Å². The number of nitrogens with zero attached hydrogens (tertiary/aromatic N) is 2. The SMILES string of the molecule is CCCCCNC(=O)C1CCN(C(=O)c2cc(C)n(Cc3ccco3)c2C)CC1. The quantitative estimate of drug-likeness (QED) is 0.685. The molecule has 0 atom stereocenters. The fourth-order valence-corrected chi connectivity index (χ4v) is 4.07. The van der Waals surface area contributed by atoms with Gasteiger partial charge < -0.3 is 19.2 Å². The van der Waals surface area contributed by atoms with Crippen molar-refractivity contribution in [3.8, 4) is 0 Å². The Kier molecular flexibility index (Phi) is 7.18. The van der Waals surface area contributed by atoms with Gasteiger partial charge in [0.15, 0.2) is 0 Å². The third kappa shape index (κ3) is 5.11. The van der Waals surface area contributed by atoms with E-state index in [0.717, 1.165) is 61.4 Å². The predicted molar refractivity (Wildman–Crippen MR) is 113 cm³/mol. The molecule has 0 radical (unpaired) electrons. The van der Waals surface area contributed by atoms with Gasteiger partial charge in [-0.25, -0.2) is 0 Å². The number of aromatic nitrogens is 1. The predicted octanol–water partition coefficient (Wildman–Crippen LogP) is 3.90. The summed E-state index contributed by atoms with van der Waals surface area (Å²) in [5.74, 6) is 1.10. The fraction of sp³-hybridized carbons (Fsp3) is 0.565. The number of nitrogens with one attached hydrogen (secondary N) is 1. The van der Waals surface area contributed by atoms with Crippen LogP contribution in [-0.2, 0) is 11.3 Å². The number of carbonyl (C=O) groups excluding carboxylic acids is 2. The second-order valence-electron chi connectivity index (χ2n) is 8.01. The van der Waals surface area contributed by atoms with Gasteiger partial charge in [-0.3, -0.25) is 9.59 Å². The number of rotatable bonds is 8. The molecule has 3 rings (SSSR count). The van der Waals surface area contributed by atoms with Gasteiger partial charge in [-0.05, 0) is 51.3 Å². The molecule has 0 unspecified atom stereocenters. The van der Waals surface area contributed by atoms with Crippen LogP contribution in [0.15, 0.2) is 28.9 Å². The molecule has 0 aliphatic carbocycles. The molecule has 2 aromatic heterocycles. The summed E-state index contributed by atoms with van der Waals surface area (Å²) in [6, 6.07) is 5.78. The molecule has 2 aromatic rings. The number of hydrogen-bond donors (Lipinski definition) is 1. The molecule has 1 saturated heterocycles. The molecule has 0 bridgehead atoms. The third-order valence-corrected chi connectivity index (χ3v) is 5.93. The van der Waals surface area contributed by atoms with Crippen molar-refractivity contribution in [2.75, 3.05) is 19.6 Å². The van der Waals surface area contributed by atoms with Crippen LogP contribution in [0.3, 0.4) is 0 Å². The van der Waals surface area contributed by atoms with Crippen molar-refractivity contribution in [3.63, 3.8) is 0 Å². The lowest BCUT2D eigenvalue weighted by molar-refractivity contribution is -0.126. The monoisotopic (exact) mass is 399 g/mol. The molecule has 6 heteroatoms. The van der Waals surface area contributed by atoms with Crippen LogP contribution in [0.5, 0.6) is 0 Å². The van der Waals surface area contributed by atoms with E-state index in [1.165, 1.54) is 0 Å². The van der Waals surface area contributed by atoms with E-state index in [4.69, 9.17) is 4.42 Å². The average Bonchev–Trinajstić information content (AvgIpc) is 3.34. The molecule has 1 aliphatic heterocycles. The molecule has 1 N–H and O–H groups in total. The molecule has 158 valence electrons. The number of likely N-dealkylation sites (tertiary alicyclic amines) is 1. The van der Waals surface area contributed by atoms with Crippen LogP contribution in [0, 0.1) is 19.8 Å². The minimum absolute atomic E-state index is 0.0204. The Bertz CT molecular complexity index is 815. The summed E-state index contributed by atoms with van der Waals surface area (Å²) in [6.45, 7) is 8.80. The van der Waals surface area contributed by atoms with Gasteiger partial charge in [0.05, 0.1) is 18.4 Å². The van der Waals surface area contributed by atoms with Gasteiger partial charge in [0.25, 0.3) is 5.91 Å². The van der Waals surface area contributed by atoms with E-state index in [2.05, 4.69) is 16.8 Å². The number of furan rings is 1. The number of aryl methyl sites for hydroxylation is 1. The van der Waals surface area contributed by atoms with Crippen LogP contribution in [0.4, 0.5) is 0 Å². The van der Waals surface area contributed by atoms with Gasteiger partial charge in [0, 0.05) is 36.9 Å². The molecule has 29 heavy (non-hydrogen) atoms. The van der Waals surface area contributed by atoms with Crippen molar-refractivity contribution in [1.29, 1.82) is 0 Å². The van der Waals surface area contributed by atoms with Crippen LogP contribution in [0.2, 0.25) is 0 Å². The summed E-state index contributed by atoms with van der Waals surface area (Å²) >= 11 is 0. The van der Waals surface area contributed by atoms with Crippen molar-refractivity contribution in [3.05, 3.63) is 47.2 Å². The molecule has 3 heterocycles. The largest absolute Gasteiger partial charge is 0.467 e.